The zero-order valence-corrected chi connectivity index (χ0v) is 36.5. The largest absolute Gasteiger partial charge is 0.462 e. The van der Waals surface area contributed by atoms with Crippen molar-refractivity contribution in [2.24, 2.45) is 0 Å². The van der Waals surface area contributed by atoms with Gasteiger partial charge in [-0.3, -0.25) is 9.59 Å². The maximum absolute atomic E-state index is 12.7. The number of ether oxygens (including phenoxy) is 3. The highest BCUT2D eigenvalue weighted by molar-refractivity contribution is 5.70. The van der Waals surface area contributed by atoms with Crippen molar-refractivity contribution < 1.29 is 23.8 Å². The number of allylic oxidation sites excluding steroid dienone is 4. The molecule has 0 aromatic heterocycles. The molecule has 318 valence electrons. The van der Waals surface area contributed by atoms with Gasteiger partial charge in [0.15, 0.2) is 6.10 Å². The second kappa shape index (κ2) is 45.8. The van der Waals surface area contributed by atoms with Crippen LogP contribution in [0.4, 0.5) is 0 Å². The minimum absolute atomic E-state index is 0.0879. The van der Waals surface area contributed by atoms with Gasteiger partial charge in [-0.2, -0.15) is 0 Å². The number of unbranched alkanes of at least 4 members (excludes halogenated alkanes) is 29. The van der Waals surface area contributed by atoms with E-state index in [0.717, 1.165) is 44.9 Å². The molecule has 0 N–H and O–H groups in total. The highest BCUT2D eigenvalue weighted by atomic mass is 16.6. The number of hydrogen-bond donors (Lipinski definition) is 0. The first-order valence-electron chi connectivity index (χ1n) is 23.9. The van der Waals surface area contributed by atoms with E-state index in [1.165, 1.54) is 173 Å². The molecule has 0 aromatic carbocycles. The van der Waals surface area contributed by atoms with Gasteiger partial charge in [0.2, 0.25) is 0 Å². The first kappa shape index (κ1) is 52.4. The summed E-state index contributed by atoms with van der Waals surface area (Å²) in [6.45, 7) is 7.80. The first-order valence-corrected chi connectivity index (χ1v) is 23.9. The number of esters is 2. The normalized spacial score (nSPS) is 12.3. The van der Waals surface area contributed by atoms with Gasteiger partial charge in [-0.05, 0) is 51.4 Å². The molecule has 0 saturated heterocycles. The van der Waals surface area contributed by atoms with Crippen molar-refractivity contribution in [1.82, 2.24) is 0 Å². The van der Waals surface area contributed by atoms with E-state index in [-0.39, 0.29) is 25.2 Å². The predicted octanol–water partition coefficient (Wildman–Crippen LogP) is 15.7. The molecule has 0 aromatic rings. The molecular formula is C49H92O5. The van der Waals surface area contributed by atoms with Crippen molar-refractivity contribution in [2.45, 2.75) is 258 Å². The topological polar surface area (TPSA) is 61.8 Å². The fourth-order valence-corrected chi connectivity index (χ4v) is 6.89. The van der Waals surface area contributed by atoms with Crippen LogP contribution in [0, 0.1) is 0 Å². The molecule has 5 heteroatoms. The van der Waals surface area contributed by atoms with Gasteiger partial charge in [-0.15, -0.1) is 0 Å². The van der Waals surface area contributed by atoms with Gasteiger partial charge in [0.1, 0.15) is 6.61 Å². The Balaban J connectivity index is 4.22. The monoisotopic (exact) mass is 761 g/mol. The van der Waals surface area contributed by atoms with Crippen LogP contribution in [0.15, 0.2) is 24.3 Å². The molecule has 0 heterocycles. The van der Waals surface area contributed by atoms with E-state index in [2.05, 4.69) is 45.1 Å². The maximum Gasteiger partial charge on any atom is 0.306 e. The van der Waals surface area contributed by atoms with E-state index in [0.29, 0.717) is 19.4 Å². The van der Waals surface area contributed by atoms with Gasteiger partial charge in [-0.1, -0.05) is 212 Å². The molecular weight excluding hydrogens is 669 g/mol. The van der Waals surface area contributed by atoms with Crippen molar-refractivity contribution in [1.29, 1.82) is 0 Å². The van der Waals surface area contributed by atoms with E-state index in [1.54, 1.807) is 0 Å². The summed E-state index contributed by atoms with van der Waals surface area (Å²) in [4.78, 5) is 25.2. The van der Waals surface area contributed by atoms with Gasteiger partial charge in [0, 0.05) is 19.4 Å². The molecule has 54 heavy (non-hydrogen) atoms. The highest BCUT2D eigenvalue weighted by Gasteiger charge is 2.17. The third kappa shape index (κ3) is 43.1. The maximum atomic E-state index is 12.7. The molecule has 0 aliphatic carbocycles. The smallest absolute Gasteiger partial charge is 0.306 e. The van der Waals surface area contributed by atoms with Crippen LogP contribution in [-0.4, -0.2) is 37.9 Å². The Morgan fingerprint density at radius 2 is 0.778 bits per heavy atom. The zero-order valence-electron chi connectivity index (χ0n) is 36.5. The van der Waals surface area contributed by atoms with Gasteiger partial charge in [-0.25, -0.2) is 0 Å². The molecule has 1 atom stereocenters. The van der Waals surface area contributed by atoms with Gasteiger partial charge in [0.05, 0.1) is 6.61 Å². The van der Waals surface area contributed by atoms with Crippen LogP contribution in [0.5, 0.6) is 0 Å². The summed E-state index contributed by atoms with van der Waals surface area (Å²) in [6.07, 6.45) is 51.7. The summed E-state index contributed by atoms with van der Waals surface area (Å²) < 4.78 is 17.3. The summed E-state index contributed by atoms with van der Waals surface area (Å²) >= 11 is 0. The third-order valence-corrected chi connectivity index (χ3v) is 10.5. The minimum atomic E-state index is -0.531. The lowest BCUT2D eigenvalue weighted by molar-refractivity contribution is -0.163. The summed E-state index contributed by atoms with van der Waals surface area (Å²) in [5.74, 6) is -0.392. The fraction of sp³-hybridized carbons (Fsp3) is 0.878. The molecule has 0 spiro atoms. The molecule has 0 rings (SSSR count). The SMILES string of the molecule is CCCCC/C=C\C/C=C\CCCCCCCCOCC(COC(=O)CCCCCCCCCCCCC)OC(=O)CCCCCCCCCCCCC. The van der Waals surface area contributed by atoms with Crippen LogP contribution in [0.3, 0.4) is 0 Å². The van der Waals surface area contributed by atoms with Crippen molar-refractivity contribution in [3.05, 3.63) is 24.3 Å². The first-order chi connectivity index (χ1) is 26.6. The number of carbonyl (C=O) groups is 2. The molecule has 0 aliphatic heterocycles. The van der Waals surface area contributed by atoms with E-state index >= 15 is 0 Å². The molecule has 0 fully saturated rings. The van der Waals surface area contributed by atoms with Crippen LogP contribution < -0.4 is 0 Å². The van der Waals surface area contributed by atoms with Crippen molar-refractivity contribution >= 4 is 11.9 Å². The summed E-state index contributed by atoms with van der Waals surface area (Å²) in [5.41, 5.74) is 0. The van der Waals surface area contributed by atoms with Crippen LogP contribution in [0.2, 0.25) is 0 Å². The van der Waals surface area contributed by atoms with Crippen molar-refractivity contribution in [3.8, 4) is 0 Å². The molecule has 0 radical (unpaired) electrons. The molecule has 0 amide bonds. The Morgan fingerprint density at radius 1 is 0.407 bits per heavy atom. The minimum Gasteiger partial charge on any atom is -0.462 e. The lowest BCUT2D eigenvalue weighted by Gasteiger charge is -2.18. The highest BCUT2D eigenvalue weighted by Crippen LogP contribution is 2.15. The van der Waals surface area contributed by atoms with Gasteiger partial charge < -0.3 is 14.2 Å². The third-order valence-electron chi connectivity index (χ3n) is 10.5. The van der Waals surface area contributed by atoms with E-state index in [1.807, 2.05) is 0 Å². The standard InChI is InChI=1S/C49H92O5/c1-4-7-10-13-16-19-22-23-24-25-26-29-32-35-38-41-44-52-45-47(54-49(51)43-40-37-34-31-28-21-18-15-12-9-6-3)46-53-48(50)42-39-36-33-30-27-20-17-14-11-8-5-2/h16,19,23-24,47H,4-15,17-18,20-22,25-46H2,1-3H3/b19-16-,24-23-. The lowest BCUT2D eigenvalue weighted by Crippen LogP contribution is -2.30. The molecule has 1 unspecified atom stereocenters. The fourth-order valence-electron chi connectivity index (χ4n) is 6.89. The van der Waals surface area contributed by atoms with E-state index < -0.39 is 6.10 Å². The predicted molar refractivity (Wildman–Crippen MR) is 233 cm³/mol. The Kier molecular flexibility index (Phi) is 44.4. The molecule has 5 nitrogen and oxygen atoms in total. The van der Waals surface area contributed by atoms with Crippen LogP contribution in [-0.2, 0) is 23.8 Å². The Morgan fingerprint density at radius 3 is 1.26 bits per heavy atom. The number of carbonyl (C=O) groups excluding carboxylic acids is 2. The summed E-state index contributed by atoms with van der Waals surface area (Å²) in [7, 11) is 0. The van der Waals surface area contributed by atoms with Gasteiger partial charge >= 0.3 is 11.9 Å². The zero-order chi connectivity index (χ0) is 39.3. The number of hydrogen-bond acceptors (Lipinski definition) is 5. The van der Waals surface area contributed by atoms with Crippen LogP contribution in [0.1, 0.15) is 252 Å². The lowest BCUT2D eigenvalue weighted by atomic mass is 10.1. The Hall–Kier alpha value is -1.62. The quantitative estimate of drug-likeness (QED) is 0.0352. The summed E-state index contributed by atoms with van der Waals surface area (Å²) in [5, 5.41) is 0. The Labute approximate surface area is 337 Å². The average Bonchev–Trinajstić information content (AvgIpc) is 3.17. The van der Waals surface area contributed by atoms with E-state index in [4.69, 9.17) is 14.2 Å². The molecule has 0 saturated carbocycles. The van der Waals surface area contributed by atoms with Crippen molar-refractivity contribution in [3.63, 3.8) is 0 Å². The Bertz CT molecular complexity index is 821. The van der Waals surface area contributed by atoms with E-state index in [9.17, 15) is 9.59 Å². The van der Waals surface area contributed by atoms with Crippen molar-refractivity contribution in [2.75, 3.05) is 19.8 Å². The second-order valence-corrected chi connectivity index (χ2v) is 16.0. The molecule has 0 bridgehead atoms. The molecule has 0 aliphatic rings. The summed E-state index contributed by atoms with van der Waals surface area (Å²) in [6, 6.07) is 0. The number of rotatable bonds is 44. The second-order valence-electron chi connectivity index (χ2n) is 16.0. The van der Waals surface area contributed by atoms with Crippen LogP contribution in [0.25, 0.3) is 0 Å². The average molecular weight is 761 g/mol. The van der Waals surface area contributed by atoms with Crippen LogP contribution >= 0.6 is 0 Å². The van der Waals surface area contributed by atoms with Gasteiger partial charge in [0.25, 0.3) is 0 Å².